The second-order valence-electron chi connectivity index (χ2n) is 4.31. The second-order valence-corrected chi connectivity index (χ2v) is 4.74. The Labute approximate surface area is 140 Å². The summed E-state index contributed by atoms with van der Waals surface area (Å²) < 4.78 is 14.1. The van der Waals surface area contributed by atoms with Gasteiger partial charge in [0.1, 0.15) is 5.75 Å². The molecule has 0 aliphatic heterocycles. The molecule has 0 saturated heterocycles. The third kappa shape index (κ3) is 4.96. The molecule has 0 amide bonds. The van der Waals surface area contributed by atoms with Crippen LogP contribution in [0, 0.1) is 10.1 Å². The van der Waals surface area contributed by atoms with E-state index in [-0.39, 0.29) is 17.0 Å². The van der Waals surface area contributed by atoms with Gasteiger partial charge in [-0.3, -0.25) is 10.1 Å². The number of ether oxygens (including phenoxy) is 3. The third-order valence-corrected chi connectivity index (χ3v) is 2.91. The Morgan fingerprint density at radius 1 is 1.08 bits per heavy atom. The minimum absolute atomic E-state index is 0.0479. The highest BCUT2D eigenvalue weighted by molar-refractivity contribution is 6.30. The number of hydrogen-bond donors (Lipinski definition) is 0. The van der Waals surface area contributed by atoms with Crippen LogP contribution in [0.3, 0.4) is 0 Å². The predicted molar refractivity (Wildman–Crippen MR) is 81.9 cm³/mol. The molecule has 0 aliphatic rings. The van der Waals surface area contributed by atoms with Crippen LogP contribution in [0.5, 0.6) is 5.75 Å². The Balaban J connectivity index is 1.79. The summed E-state index contributed by atoms with van der Waals surface area (Å²) in [5.74, 6) is -0.674. The molecule has 0 heterocycles. The van der Waals surface area contributed by atoms with Gasteiger partial charge in [-0.05, 0) is 30.3 Å². The number of hydrogen-bond acceptors (Lipinski definition) is 7. The van der Waals surface area contributed by atoms with Crippen LogP contribution in [0.1, 0.15) is 10.4 Å². The highest BCUT2D eigenvalue weighted by atomic mass is 35.5. The van der Waals surface area contributed by atoms with Crippen molar-refractivity contribution in [3.05, 3.63) is 69.2 Å². The maximum atomic E-state index is 11.7. The average Bonchev–Trinajstić information content (AvgIpc) is 2.55. The van der Waals surface area contributed by atoms with E-state index >= 15 is 0 Å². The number of nitrogens with zero attached hydrogens (tertiary/aromatic N) is 1. The van der Waals surface area contributed by atoms with Crippen LogP contribution in [-0.2, 0) is 9.47 Å². The zero-order valence-corrected chi connectivity index (χ0v) is 12.8. The molecule has 8 nitrogen and oxygen atoms in total. The van der Waals surface area contributed by atoms with Crippen molar-refractivity contribution in [3.63, 3.8) is 0 Å². The molecule has 9 heteroatoms. The van der Waals surface area contributed by atoms with E-state index in [1.165, 1.54) is 36.4 Å². The standard InChI is InChI=1S/C15H10ClNO7/c16-11-3-1-2-10(8-11)14(18)22-9-23-15(19)24-13-6-4-12(5-7-13)17(20)21/h1-8H,9H2. The van der Waals surface area contributed by atoms with Crippen LogP contribution in [0.4, 0.5) is 10.5 Å². The lowest BCUT2D eigenvalue weighted by Crippen LogP contribution is -2.15. The summed E-state index contributed by atoms with van der Waals surface area (Å²) in [4.78, 5) is 33.0. The van der Waals surface area contributed by atoms with Crippen LogP contribution < -0.4 is 4.74 Å². The van der Waals surface area contributed by atoms with Gasteiger partial charge in [-0.2, -0.15) is 0 Å². The monoisotopic (exact) mass is 351 g/mol. The SMILES string of the molecule is O=C(OCOC(=O)c1cccc(Cl)c1)Oc1ccc([N+](=O)[O-])cc1. The second kappa shape index (κ2) is 7.93. The van der Waals surface area contributed by atoms with Gasteiger partial charge in [-0.1, -0.05) is 17.7 Å². The van der Waals surface area contributed by atoms with Crippen molar-refractivity contribution in [2.24, 2.45) is 0 Å². The maximum absolute atomic E-state index is 11.7. The van der Waals surface area contributed by atoms with E-state index in [0.29, 0.717) is 5.02 Å². The highest BCUT2D eigenvalue weighted by Crippen LogP contribution is 2.17. The molecule has 2 aromatic rings. The van der Waals surface area contributed by atoms with E-state index in [2.05, 4.69) is 4.74 Å². The van der Waals surface area contributed by atoms with Gasteiger partial charge in [0.2, 0.25) is 6.79 Å². The van der Waals surface area contributed by atoms with Crippen molar-refractivity contribution >= 4 is 29.4 Å². The molecule has 0 aromatic heterocycles. The summed E-state index contributed by atoms with van der Waals surface area (Å²) in [5, 5.41) is 10.9. The molecule has 2 aromatic carbocycles. The molecule has 0 spiro atoms. The van der Waals surface area contributed by atoms with Gasteiger partial charge in [0.05, 0.1) is 10.5 Å². The molecular weight excluding hydrogens is 342 g/mol. The quantitative estimate of drug-likeness (QED) is 0.266. The number of rotatable bonds is 5. The van der Waals surface area contributed by atoms with Gasteiger partial charge in [0.25, 0.3) is 5.69 Å². The van der Waals surface area contributed by atoms with E-state index in [9.17, 15) is 19.7 Å². The molecule has 0 saturated carbocycles. The minimum atomic E-state index is -1.12. The highest BCUT2D eigenvalue weighted by Gasteiger charge is 2.11. The zero-order valence-electron chi connectivity index (χ0n) is 12.0. The first-order chi connectivity index (χ1) is 11.5. The van der Waals surface area contributed by atoms with Crippen LogP contribution in [0.2, 0.25) is 5.02 Å². The minimum Gasteiger partial charge on any atom is -0.424 e. The molecule has 124 valence electrons. The number of benzene rings is 2. The smallest absolute Gasteiger partial charge is 0.424 e. The largest absolute Gasteiger partial charge is 0.516 e. The molecule has 0 atom stereocenters. The maximum Gasteiger partial charge on any atom is 0.516 e. The topological polar surface area (TPSA) is 105 Å². The first kappa shape index (κ1) is 17.2. The zero-order chi connectivity index (χ0) is 17.5. The number of esters is 1. The lowest BCUT2D eigenvalue weighted by molar-refractivity contribution is -0.384. The summed E-state index contributed by atoms with van der Waals surface area (Å²) in [7, 11) is 0. The Kier molecular flexibility index (Phi) is 5.69. The third-order valence-electron chi connectivity index (χ3n) is 2.68. The molecule has 0 aliphatic carbocycles. The van der Waals surface area contributed by atoms with Crippen molar-refractivity contribution in [1.29, 1.82) is 0 Å². The average molecular weight is 352 g/mol. The molecule has 0 N–H and O–H groups in total. The Hall–Kier alpha value is -3.13. The lowest BCUT2D eigenvalue weighted by atomic mass is 10.2. The molecule has 0 radical (unpaired) electrons. The Morgan fingerprint density at radius 2 is 1.79 bits per heavy atom. The van der Waals surface area contributed by atoms with Gasteiger partial charge < -0.3 is 14.2 Å². The number of carbonyl (C=O) groups excluding carboxylic acids is 2. The fraction of sp³-hybridized carbons (Fsp3) is 0.0667. The number of carbonyl (C=O) groups is 2. The number of non-ortho nitro benzene ring substituents is 1. The lowest BCUT2D eigenvalue weighted by Gasteiger charge is -2.07. The fourth-order valence-corrected chi connectivity index (χ4v) is 1.78. The van der Waals surface area contributed by atoms with Crippen molar-refractivity contribution in [2.75, 3.05) is 6.79 Å². The first-order valence-corrected chi connectivity index (χ1v) is 6.85. The van der Waals surface area contributed by atoms with Crippen molar-refractivity contribution < 1.29 is 28.7 Å². The van der Waals surface area contributed by atoms with Gasteiger partial charge in [-0.15, -0.1) is 0 Å². The molecule has 0 bridgehead atoms. The molecular formula is C15H10ClNO7. The van der Waals surface area contributed by atoms with Gasteiger partial charge >= 0.3 is 12.1 Å². The summed E-state index contributed by atoms with van der Waals surface area (Å²) >= 11 is 5.74. The van der Waals surface area contributed by atoms with Gasteiger partial charge in [0, 0.05) is 17.2 Å². The summed E-state index contributed by atoms with van der Waals surface area (Å²) in [6, 6.07) is 10.9. The van der Waals surface area contributed by atoms with Crippen LogP contribution in [-0.4, -0.2) is 23.8 Å². The van der Waals surface area contributed by atoms with Crippen molar-refractivity contribution in [3.8, 4) is 5.75 Å². The van der Waals surface area contributed by atoms with Crippen LogP contribution in [0.25, 0.3) is 0 Å². The first-order valence-electron chi connectivity index (χ1n) is 6.47. The fourth-order valence-electron chi connectivity index (χ4n) is 1.59. The normalized spacial score (nSPS) is 9.88. The van der Waals surface area contributed by atoms with E-state index in [0.717, 1.165) is 0 Å². The number of nitro groups is 1. The van der Waals surface area contributed by atoms with Crippen LogP contribution in [0.15, 0.2) is 48.5 Å². The Bertz CT molecular complexity index is 761. The van der Waals surface area contributed by atoms with Gasteiger partial charge in [-0.25, -0.2) is 9.59 Å². The van der Waals surface area contributed by atoms with E-state index < -0.39 is 23.8 Å². The predicted octanol–water partition coefficient (Wildman–Crippen LogP) is 3.58. The van der Waals surface area contributed by atoms with Gasteiger partial charge in [0.15, 0.2) is 0 Å². The summed E-state index contributed by atoms with van der Waals surface area (Å²) in [6.45, 7) is -0.656. The molecule has 0 fully saturated rings. The van der Waals surface area contributed by atoms with E-state index in [1.807, 2.05) is 0 Å². The molecule has 0 unspecified atom stereocenters. The van der Waals surface area contributed by atoms with Crippen molar-refractivity contribution in [1.82, 2.24) is 0 Å². The number of halogens is 1. The van der Waals surface area contributed by atoms with Crippen LogP contribution >= 0.6 is 11.6 Å². The van der Waals surface area contributed by atoms with E-state index in [4.69, 9.17) is 21.1 Å². The molecule has 24 heavy (non-hydrogen) atoms. The van der Waals surface area contributed by atoms with Crippen molar-refractivity contribution in [2.45, 2.75) is 0 Å². The molecule has 2 rings (SSSR count). The summed E-state index contributed by atoms with van der Waals surface area (Å²) in [6.07, 6.45) is -1.12. The summed E-state index contributed by atoms with van der Waals surface area (Å²) in [5.41, 5.74) is 0.0565. The number of nitro benzene ring substituents is 1. The van der Waals surface area contributed by atoms with E-state index in [1.54, 1.807) is 12.1 Å². The Morgan fingerprint density at radius 3 is 2.42 bits per heavy atom.